The monoisotopic (exact) mass is 255 g/mol. The number of nitrogens with two attached hydrogens (primary N) is 1. The fourth-order valence-corrected chi connectivity index (χ4v) is 2.04. The summed E-state index contributed by atoms with van der Waals surface area (Å²) in [5, 5.41) is 0. The van der Waals surface area contributed by atoms with Gasteiger partial charge in [-0.25, -0.2) is 0 Å². The van der Waals surface area contributed by atoms with Crippen LogP contribution in [-0.4, -0.2) is 6.54 Å². The Hall–Kier alpha value is -1.80. The van der Waals surface area contributed by atoms with E-state index in [1.807, 2.05) is 6.07 Å². The van der Waals surface area contributed by atoms with Gasteiger partial charge in [0, 0.05) is 0 Å². The van der Waals surface area contributed by atoms with Crippen LogP contribution in [0.2, 0.25) is 0 Å². The molecule has 0 radical (unpaired) electrons. The van der Waals surface area contributed by atoms with Crippen LogP contribution >= 0.6 is 0 Å². The maximum absolute atomic E-state index is 5.86. The smallest absolute Gasteiger partial charge is 0.122 e. The Kier molecular flexibility index (Phi) is 4.58. The van der Waals surface area contributed by atoms with Gasteiger partial charge in [0.1, 0.15) is 12.4 Å². The van der Waals surface area contributed by atoms with Crippen LogP contribution in [0.4, 0.5) is 0 Å². The molecule has 2 heteroatoms. The SMILES string of the molecule is Cc1ccc(COc2ccc(CCN)cc2C)cc1. The minimum Gasteiger partial charge on any atom is -0.489 e. The summed E-state index contributed by atoms with van der Waals surface area (Å²) < 4.78 is 5.86. The lowest BCUT2D eigenvalue weighted by Crippen LogP contribution is -2.03. The van der Waals surface area contributed by atoms with Crippen molar-refractivity contribution in [3.8, 4) is 5.75 Å². The minimum atomic E-state index is 0.608. The molecule has 0 saturated heterocycles. The molecule has 2 aromatic carbocycles. The molecule has 0 bridgehead atoms. The van der Waals surface area contributed by atoms with E-state index >= 15 is 0 Å². The van der Waals surface area contributed by atoms with E-state index in [0.717, 1.165) is 17.7 Å². The van der Waals surface area contributed by atoms with Crippen molar-refractivity contribution in [3.05, 3.63) is 64.7 Å². The van der Waals surface area contributed by atoms with Crippen molar-refractivity contribution in [1.82, 2.24) is 0 Å². The van der Waals surface area contributed by atoms with Gasteiger partial charge in [0.05, 0.1) is 0 Å². The quantitative estimate of drug-likeness (QED) is 0.889. The fourth-order valence-electron chi connectivity index (χ4n) is 2.04. The summed E-state index contributed by atoms with van der Waals surface area (Å²) >= 11 is 0. The molecular weight excluding hydrogens is 234 g/mol. The first kappa shape index (κ1) is 13.6. The van der Waals surface area contributed by atoms with E-state index in [2.05, 4.69) is 50.2 Å². The highest BCUT2D eigenvalue weighted by molar-refractivity contribution is 5.36. The van der Waals surface area contributed by atoms with E-state index in [0.29, 0.717) is 13.2 Å². The van der Waals surface area contributed by atoms with Crippen molar-refractivity contribution >= 4 is 0 Å². The lowest BCUT2D eigenvalue weighted by atomic mass is 10.1. The summed E-state index contributed by atoms with van der Waals surface area (Å²) in [6, 6.07) is 14.7. The van der Waals surface area contributed by atoms with Crippen LogP contribution in [0.3, 0.4) is 0 Å². The Morgan fingerprint density at radius 3 is 2.26 bits per heavy atom. The van der Waals surface area contributed by atoms with E-state index in [1.54, 1.807) is 0 Å². The van der Waals surface area contributed by atoms with Crippen LogP contribution in [0.15, 0.2) is 42.5 Å². The van der Waals surface area contributed by atoms with E-state index in [4.69, 9.17) is 10.5 Å². The van der Waals surface area contributed by atoms with Crippen molar-refractivity contribution in [2.75, 3.05) is 6.54 Å². The highest BCUT2D eigenvalue weighted by atomic mass is 16.5. The average molecular weight is 255 g/mol. The Morgan fingerprint density at radius 1 is 0.947 bits per heavy atom. The summed E-state index contributed by atoms with van der Waals surface area (Å²) in [5.74, 6) is 0.946. The molecule has 0 aliphatic heterocycles. The van der Waals surface area contributed by atoms with Gasteiger partial charge in [-0.3, -0.25) is 0 Å². The van der Waals surface area contributed by atoms with Crippen molar-refractivity contribution in [2.24, 2.45) is 5.73 Å². The summed E-state index contributed by atoms with van der Waals surface area (Å²) in [6.45, 7) is 5.45. The molecule has 19 heavy (non-hydrogen) atoms. The first-order valence-corrected chi connectivity index (χ1v) is 6.67. The summed E-state index contributed by atoms with van der Waals surface area (Å²) in [4.78, 5) is 0. The summed E-state index contributed by atoms with van der Waals surface area (Å²) in [6.07, 6.45) is 0.916. The molecule has 0 heterocycles. The number of rotatable bonds is 5. The molecule has 2 nitrogen and oxygen atoms in total. The second kappa shape index (κ2) is 6.39. The van der Waals surface area contributed by atoms with Gasteiger partial charge in [-0.1, -0.05) is 42.0 Å². The predicted octanol–water partition coefficient (Wildman–Crippen LogP) is 3.38. The molecular formula is C17H21NO. The molecule has 2 N–H and O–H groups in total. The van der Waals surface area contributed by atoms with Crippen molar-refractivity contribution in [1.29, 1.82) is 0 Å². The molecule has 0 spiro atoms. The minimum absolute atomic E-state index is 0.608. The Labute approximate surface area is 115 Å². The highest BCUT2D eigenvalue weighted by Crippen LogP contribution is 2.20. The zero-order valence-corrected chi connectivity index (χ0v) is 11.6. The first-order chi connectivity index (χ1) is 9.19. The van der Waals surface area contributed by atoms with E-state index < -0.39 is 0 Å². The van der Waals surface area contributed by atoms with Crippen molar-refractivity contribution in [2.45, 2.75) is 26.9 Å². The van der Waals surface area contributed by atoms with Gasteiger partial charge in [-0.2, -0.15) is 0 Å². The van der Waals surface area contributed by atoms with Crippen LogP contribution in [-0.2, 0) is 13.0 Å². The van der Waals surface area contributed by atoms with E-state index in [1.165, 1.54) is 16.7 Å². The van der Waals surface area contributed by atoms with Crippen LogP contribution in [0, 0.1) is 13.8 Å². The van der Waals surface area contributed by atoms with Gasteiger partial charge in [-0.05, 0) is 49.6 Å². The number of benzene rings is 2. The summed E-state index contributed by atoms with van der Waals surface area (Å²) in [5.41, 5.74) is 10.5. The zero-order valence-electron chi connectivity index (χ0n) is 11.6. The maximum Gasteiger partial charge on any atom is 0.122 e. The third kappa shape index (κ3) is 3.83. The Morgan fingerprint density at radius 2 is 1.63 bits per heavy atom. The lowest BCUT2D eigenvalue weighted by Gasteiger charge is -2.11. The van der Waals surface area contributed by atoms with Gasteiger partial charge >= 0.3 is 0 Å². The second-order valence-electron chi connectivity index (χ2n) is 4.91. The fraction of sp³-hybridized carbons (Fsp3) is 0.294. The van der Waals surface area contributed by atoms with E-state index in [9.17, 15) is 0 Å². The van der Waals surface area contributed by atoms with Crippen LogP contribution < -0.4 is 10.5 Å². The molecule has 0 saturated carbocycles. The van der Waals surface area contributed by atoms with Gasteiger partial charge < -0.3 is 10.5 Å². The van der Waals surface area contributed by atoms with Crippen molar-refractivity contribution in [3.63, 3.8) is 0 Å². The van der Waals surface area contributed by atoms with Gasteiger partial charge in [0.25, 0.3) is 0 Å². The largest absolute Gasteiger partial charge is 0.489 e. The third-order valence-electron chi connectivity index (χ3n) is 3.19. The normalized spacial score (nSPS) is 10.5. The highest BCUT2D eigenvalue weighted by Gasteiger charge is 2.02. The maximum atomic E-state index is 5.86. The predicted molar refractivity (Wildman–Crippen MR) is 79.4 cm³/mol. The standard InChI is InChI=1S/C17H21NO/c1-13-3-5-16(6-4-13)12-19-17-8-7-15(9-10-18)11-14(17)2/h3-8,11H,9-10,12,18H2,1-2H3. The summed E-state index contributed by atoms with van der Waals surface area (Å²) in [7, 11) is 0. The van der Waals surface area contributed by atoms with Crippen LogP contribution in [0.25, 0.3) is 0 Å². The Bertz CT molecular complexity index is 531. The van der Waals surface area contributed by atoms with Gasteiger partial charge in [0.2, 0.25) is 0 Å². The second-order valence-corrected chi connectivity index (χ2v) is 4.91. The molecule has 100 valence electrons. The number of ether oxygens (including phenoxy) is 1. The number of aryl methyl sites for hydroxylation is 2. The molecule has 0 aromatic heterocycles. The third-order valence-corrected chi connectivity index (χ3v) is 3.19. The molecule has 2 aromatic rings. The molecule has 0 amide bonds. The molecule has 0 fully saturated rings. The molecule has 0 aliphatic rings. The van der Waals surface area contributed by atoms with Gasteiger partial charge in [0.15, 0.2) is 0 Å². The first-order valence-electron chi connectivity index (χ1n) is 6.67. The van der Waals surface area contributed by atoms with Crippen LogP contribution in [0.5, 0.6) is 5.75 Å². The van der Waals surface area contributed by atoms with E-state index in [-0.39, 0.29) is 0 Å². The number of hydrogen-bond acceptors (Lipinski definition) is 2. The average Bonchev–Trinajstić information content (AvgIpc) is 2.40. The van der Waals surface area contributed by atoms with Gasteiger partial charge in [-0.15, -0.1) is 0 Å². The Balaban J connectivity index is 2.01. The lowest BCUT2D eigenvalue weighted by molar-refractivity contribution is 0.304. The molecule has 2 rings (SSSR count). The number of hydrogen-bond donors (Lipinski definition) is 1. The van der Waals surface area contributed by atoms with Crippen LogP contribution in [0.1, 0.15) is 22.3 Å². The van der Waals surface area contributed by atoms with Crippen molar-refractivity contribution < 1.29 is 4.74 Å². The topological polar surface area (TPSA) is 35.2 Å². The molecule has 0 aliphatic carbocycles. The molecule has 0 atom stereocenters. The zero-order chi connectivity index (χ0) is 13.7. The molecule has 0 unspecified atom stereocenters.